The highest BCUT2D eigenvalue weighted by molar-refractivity contribution is 5.72. The lowest BCUT2D eigenvalue weighted by molar-refractivity contribution is -0.150. The minimum atomic E-state index is -0.504. The van der Waals surface area contributed by atoms with Gasteiger partial charge in [-0.1, -0.05) is 26.7 Å². The first kappa shape index (κ1) is 28.6. The van der Waals surface area contributed by atoms with Gasteiger partial charge in [-0.3, -0.25) is 4.79 Å². The number of likely N-dealkylation sites (N-methyl/N-ethyl adjacent to an activating group) is 1. The van der Waals surface area contributed by atoms with Crippen molar-refractivity contribution in [2.24, 2.45) is 5.92 Å². The van der Waals surface area contributed by atoms with E-state index in [0.29, 0.717) is 46.2 Å². The Bertz CT molecular complexity index is 451. The molecule has 0 aliphatic heterocycles. The van der Waals surface area contributed by atoms with Gasteiger partial charge >= 0.3 is 12.1 Å². The van der Waals surface area contributed by atoms with E-state index in [1.54, 1.807) is 7.05 Å². The molecule has 0 saturated heterocycles. The molecule has 1 atom stereocenters. The van der Waals surface area contributed by atoms with Crippen LogP contribution in [0.25, 0.3) is 0 Å². The number of rotatable bonds is 17. The van der Waals surface area contributed by atoms with Crippen molar-refractivity contribution in [3.63, 3.8) is 0 Å². The number of hydrogen-bond acceptors (Lipinski definition) is 7. The molecule has 30 heavy (non-hydrogen) atoms. The third kappa shape index (κ3) is 16.4. The summed E-state index contributed by atoms with van der Waals surface area (Å²) in [7, 11) is 1.68. The van der Waals surface area contributed by atoms with Gasteiger partial charge in [0, 0.05) is 13.6 Å². The Hall–Kier alpha value is -1.38. The molecule has 178 valence electrons. The monoisotopic (exact) mass is 433 g/mol. The molecule has 0 rings (SSSR count). The molecule has 0 fully saturated rings. The molecule has 0 aromatic carbocycles. The average Bonchev–Trinajstić information content (AvgIpc) is 2.67. The zero-order chi connectivity index (χ0) is 22.8. The highest BCUT2D eigenvalue weighted by atomic mass is 16.6. The first-order valence-electron chi connectivity index (χ1n) is 11.0. The van der Waals surface area contributed by atoms with Gasteiger partial charge in [-0.25, -0.2) is 4.79 Å². The maximum absolute atomic E-state index is 11.9. The molecule has 0 aromatic heterocycles. The van der Waals surface area contributed by atoms with Crippen LogP contribution in [-0.2, 0) is 28.5 Å². The van der Waals surface area contributed by atoms with E-state index in [2.05, 4.69) is 6.92 Å². The van der Waals surface area contributed by atoms with Crippen molar-refractivity contribution in [2.75, 3.05) is 59.8 Å². The Morgan fingerprint density at radius 1 is 0.867 bits per heavy atom. The molecule has 0 bridgehead atoms. The van der Waals surface area contributed by atoms with Crippen LogP contribution in [0.4, 0.5) is 4.79 Å². The van der Waals surface area contributed by atoms with E-state index in [1.165, 1.54) is 4.90 Å². The van der Waals surface area contributed by atoms with E-state index in [1.807, 2.05) is 27.7 Å². The SMILES string of the molecule is CCCCC(CC)C(=O)OCCOCCOCCOCCN(C)C(=O)OC(C)(C)C. The minimum Gasteiger partial charge on any atom is -0.463 e. The summed E-state index contributed by atoms with van der Waals surface area (Å²) in [6, 6.07) is 0. The van der Waals surface area contributed by atoms with Crippen LogP contribution in [0.2, 0.25) is 0 Å². The van der Waals surface area contributed by atoms with Gasteiger partial charge in [0.25, 0.3) is 0 Å². The van der Waals surface area contributed by atoms with Gasteiger partial charge in [-0.05, 0) is 33.6 Å². The lowest BCUT2D eigenvalue weighted by Crippen LogP contribution is -2.36. The van der Waals surface area contributed by atoms with Crippen LogP contribution in [0.3, 0.4) is 0 Å². The van der Waals surface area contributed by atoms with Gasteiger partial charge < -0.3 is 28.6 Å². The van der Waals surface area contributed by atoms with E-state index < -0.39 is 5.60 Å². The van der Waals surface area contributed by atoms with Gasteiger partial charge in [-0.15, -0.1) is 0 Å². The van der Waals surface area contributed by atoms with E-state index in [-0.39, 0.29) is 24.6 Å². The molecule has 0 radical (unpaired) electrons. The van der Waals surface area contributed by atoms with Crippen molar-refractivity contribution in [2.45, 2.75) is 65.9 Å². The van der Waals surface area contributed by atoms with Crippen LogP contribution in [0.1, 0.15) is 60.3 Å². The molecule has 1 amide bonds. The largest absolute Gasteiger partial charge is 0.463 e. The quantitative estimate of drug-likeness (QED) is 0.256. The first-order chi connectivity index (χ1) is 14.2. The van der Waals surface area contributed by atoms with Crippen molar-refractivity contribution < 1.29 is 33.3 Å². The maximum atomic E-state index is 11.9. The topological polar surface area (TPSA) is 83.5 Å². The zero-order valence-electron chi connectivity index (χ0n) is 19.9. The Kier molecular flexibility index (Phi) is 16.5. The molecular formula is C22H43NO7. The third-order valence-corrected chi connectivity index (χ3v) is 4.22. The Morgan fingerprint density at radius 2 is 1.40 bits per heavy atom. The van der Waals surface area contributed by atoms with E-state index in [0.717, 1.165) is 25.7 Å². The van der Waals surface area contributed by atoms with E-state index >= 15 is 0 Å². The molecule has 0 spiro atoms. The molecule has 8 nitrogen and oxygen atoms in total. The summed E-state index contributed by atoms with van der Waals surface area (Å²) < 4.78 is 26.8. The zero-order valence-corrected chi connectivity index (χ0v) is 19.9. The van der Waals surface area contributed by atoms with Crippen LogP contribution in [0, 0.1) is 5.92 Å². The fourth-order valence-electron chi connectivity index (χ4n) is 2.43. The number of hydrogen-bond donors (Lipinski definition) is 0. The van der Waals surface area contributed by atoms with Crippen molar-refractivity contribution in [3.8, 4) is 0 Å². The number of carbonyl (C=O) groups is 2. The molecule has 0 aliphatic rings. The molecule has 0 saturated carbocycles. The van der Waals surface area contributed by atoms with Crippen molar-refractivity contribution in [1.29, 1.82) is 0 Å². The lowest BCUT2D eigenvalue weighted by Gasteiger charge is -2.24. The van der Waals surface area contributed by atoms with Crippen molar-refractivity contribution >= 4 is 12.1 Å². The van der Waals surface area contributed by atoms with Gasteiger partial charge in [0.15, 0.2) is 0 Å². The molecule has 1 unspecified atom stereocenters. The number of ether oxygens (including phenoxy) is 5. The highest BCUT2D eigenvalue weighted by Crippen LogP contribution is 2.14. The predicted molar refractivity (Wildman–Crippen MR) is 116 cm³/mol. The highest BCUT2D eigenvalue weighted by Gasteiger charge is 2.19. The van der Waals surface area contributed by atoms with Gasteiger partial charge in [0.05, 0.1) is 45.6 Å². The minimum absolute atomic E-state index is 0.00259. The molecule has 0 heterocycles. The van der Waals surface area contributed by atoms with Crippen molar-refractivity contribution in [1.82, 2.24) is 4.90 Å². The average molecular weight is 434 g/mol. The summed E-state index contributed by atoms with van der Waals surface area (Å²) in [4.78, 5) is 25.2. The van der Waals surface area contributed by atoms with Gasteiger partial charge in [0.2, 0.25) is 0 Å². The summed E-state index contributed by atoms with van der Waals surface area (Å²) in [5, 5.41) is 0. The summed E-state index contributed by atoms with van der Waals surface area (Å²) in [5.74, 6) is -0.127. The molecular weight excluding hydrogens is 390 g/mol. The second-order valence-electron chi connectivity index (χ2n) is 8.15. The number of nitrogens with zero attached hydrogens (tertiary/aromatic N) is 1. The fraction of sp³-hybridized carbons (Fsp3) is 0.909. The van der Waals surface area contributed by atoms with Crippen LogP contribution in [-0.4, -0.2) is 82.4 Å². The second kappa shape index (κ2) is 17.3. The Morgan fingerprint density at radius 3 is 1.90 bits per heavy atom. The smallest absolute Gasteiger partial charge is 0.410 e. The van der Waals surface area contributed by atoms with Crippen LogP contribution >= 0.6 is 0 Å². The van der Waals surface area contributed by atoms with Gasteiger partial charge in [-0.2, -0.15) is 0 Å². The van der Waals surface area contributed by atoms with E-state index in [9.17, 15) is 9.59 Å². The van der Waals surface area contributed by atoms with Gasteiger partial charge in [0.1, 0.15) is 12.2 Å². The van der Waals surface area contributed by atoms with Crippen LogP contribution in [0.5, 0.6) is 0 Å². The summed E-state index contributed by atoms with van der Waals surface area (Å²) in [5.41, 5.74) is -0.504. The maximum Gasteiger partial charge on any atom is 0.410 e. The lowest BCUT2D eigenvalue weighted by atomic mass is 10.00. The number of unbranched alkanes of at least 4 members (excludes halogenated alkanes) is 1. The number of carbonyl (C=O) groups excluding carboxylic acids is 2. The molecule has 0 aliphatic carbocycles. The predicted octanol–water partition coefficient (Wildman–Crippen LogP) is 3.66. The van der Waals surface area contributed by atoms with Crippen LogP contribution < -0.4 is 0 Å². The van der Waals surface area contributed by atoms with E-state index in [4.69, 9.17) is 23.7 Å². The first-order valence-corrected chi connectivity index (χ1v) is 11.0. The number of amides is 1. The van der Waals surface area contributed by atoms with Crippen molar-refractivity contribution in [3.05, 3.63) is 0 Å². The normalized spacial score (nSPS) is 12.5. The fourth-order valence-corrected chi connectivity index (χ4v) is 2.43. The third-order valence-electron chi connectivity index (χ3n) is 4.22. The Labute approximate surface area is 182 Å². The summed E-state index contributed by atoms with van der Waals surface area (Å²) >= 11 is 0. The second-order valence-corrected chi connectivity index (χ2v) is 8.15. The standard InChI is InChI=1S/C22H43NO7/c1-7-9-10-19(8-2)20(24)29-18-17-28-16-15-27-14-13-26-12-11-23(6)21(25)30-22(3,4)5/h19H,7-18H2,1-6H3. The summed E-state index contributed by atoms with van der Waals surface area (Å²) in [6.07, 6.45) is 3.47. The number of esters is 1. The Balaban J connectivity index is 3.50. The summed E-state index contributed by atoms with van der Waals surface area (Å²) in [6.45, 7) is 12.9. The van der Waals surface area contributed by atoms with Crippen LogP contribution in [0.15, 0.2) is 0 Å². The molecule has 8 heteroatoms. The molecule has 0 aromatic rings. The molecule has 0 N–H and O–H groups in total.